The zero-order valence-corrected chi connectivity index (χ0v) is 14.3. The number of methoxy groups -OCH3 is 1. The highest BCUT2D eigenvalue weighted by molar-refractivity contribution is 5.80. The van der Waals surface area contributed by atoms with Crippen molar-refractivity contribution in [2.45, 2.75) is 25.6 Å². The van der Waals surface area contributed by atoms with Gasteiger partial charge in [-0.05, 0) is 37.1 Å². The Morgan fingerprint density at radius 1 is 1.24 bits per heavy atom. The minimum absolute atomic E-state index is 0.0334. The molecule has 6 heteroatoms. The molecule has 0 spiro atoms. The lowest BCUT2D eigenvalue weighted by Gasteiger charge is -2.22. The van der Waals surface area contributed by atoms with E-state index in [1.165, 1.54) is 6.42 Å². The largest absolute Gasteiger partial charge is 0.366 e. The van der Waals surface area contributed by atoms with Gasteiger partial charge in [0.2, 0.25) is 0 Å². The quantitative estimate of drug-likeness (QED) is 0.716. The molecule has 3 heterocycles. The standard InChI is InChI=1S/C19H22N4O2/c1-25-19-6-4-9-21(19)11-12-23-17-8-7-16(13-15(17)14-20-23)22-10-3-2-5-18(22)24/h2-3,5,7-8,10,13-14,19H,4,6,9,11-12H2,1H3. The van der Waals surface area contributed by atoms with Crippen LogP contribution in [-0.2, 0) is 11.3 Å². The molecular formula is C19H22N4O2. The fourth-order valence-electron chi connectivity index (χ4n) is 3.58. The van der Waals surface area contributed by atoms with Crippen LogP contribution in [0.2, 0.25) is 0 Å². The molecule has 1 aliphatic heterocycles. The van der Waals surface area contributed by atoms with Crippen LogP contribution in [0.3, 0.4) is 0 Å². The van der Waals surface area contributed by atoms with Crippen LogP contribution in [0.1, 0.15) is 12.8 Å². The Labute approximate surface area is 146 Å². The molecule has 0 saturated carbocycles. The van der Waals surface area contributed by atoms with Crippen LogP contribution in [0.5, 0.6) is 0 Å². The Morgan fingerprint density at radius 3 is 3.00 bits per heavy atom. The number of benzene rings is 1. The van der Waals surface area contributed by atoms with Gasteiger partial charge in [0.1, 0.15) is 6.23 Å². The molecule has 1 aliphatic rings. The Balaban J connectivity index is 1.56. The first-order valence-corrected chi connectivity index (χ1v) is 8.67. The van der Waals surface area contributed by atoms with Crippen molar-refractivity contribution in [3.63, 3.8) is 0 Å². The summed E-state index contributed by atoms with van der Waals surface area (Å²) >= 11 is 0. The van der Waals surface area contributed by atoms with Crippen molar-refractivity contribution >= 4 is 10.9 Å². The number of fused-ring (bicyclic) bond motifs is 1. The van der Waals surface area contributed by atoms with Crippen molar-refractivity contribution in [3.8, 4) is 5.69 Å². The highest BCUT2D eigenvalue weighted by Gasteiger charge is 2.23. The Kier molecular flexibility index (Phi) is 4.38. The van der Waals surface area contributed by atoms with Gasteiger partial charge in [-0.3, -0.25) is 18.9 Å². The number of likely N-dealkylation sites (tertiary alicyclic amines) is 1. The predicted octanol–water partition coefficient (Wildman–Crippen LogP) is 2.26. The Bertz CT molecular complexity index is 930. The second-order valence-electron chi connectivity index (χ2n) is 6.39. The van der Waals surface area contributed by atoms with E-state index >= 15 is 0 Å². The third-order valence-electron chi connectivity index (χ3n) is 4.90. The Morgan fingerprint density at radius 2 is 2.16 bits per heavy atom. The van der Waals surface area contributed by atoms with E-state index in [0.717, 1.165) is 42.6 Å². The maximum Gasteiger partial charge on any atom is 0.255 e. The molecule has 4 rings (SSSR count). The van der Waals surface area contributed by atoms with E-state index in [1.54, 1.807) is 30.0 Å². The molecule has 0 N–H and O–H groups in total. The average molecular weight is 338 g/mol. The molecule has 0 radical (unpaired) electrons. The molecular weight excluding hydrogens is 316 g/mol. The monoisotopic (exact) mass is 338 g/mol. The lowest BCUT2D eigenvalue weighted by molar-refractivity contribution is -0.00539. The van der Waals surface area contributed by atoms with E-state index in [2.05, 4.69) is 10.00 Å². The number of hydrogen-bond donors (Lipinski definition) is 0. The maximum absolute atomic E-state index is 12.0. The number of rotatable bonds is 5. The van der Waals surface area contributed by atoms with E-state index in [9.17, 15) is 4.79 Å². The average Bonchev–Trinajstić information content (AvgIpc) is 3.26. The fraction of sp³-hybridized carbons (Fsp3) is 0.368. The van der Waals surface area contributed by atoms with Crippen molar-refractivity contribution in [2.75, 3.05) is 20.2 Å². The number of ether oxygens (including phenoxy) is 1. The molecule has 1 aromatic carbocycles. The van der Waals surface area contributed by atoms with Crippen LogP contribution in [0.15, 0.2) is 53.6 Å². The van der Waals surface area contributed by atoms with Crippen LogP contribution < -0.4 is 5.56 Å². The van der Waals surface area contributed by atoms with E-state index in [1.807, 2.05) is 35.1 Å². The number of aromatic nitrogens is 3. The molecule has 1 fully saturated rings. The first-order valence-electron chi connectivity index (χ1n) is 8.67. The van der Waals surface area contributed by atoms with E-state index in [-0.39, 0.29) is 11.8 Å². The van der Waals surface area contributed by atoms with Gasteiger partial charge in [0.05, 0.1) is 18.3 Å². The SMILES string of the molecule is COC1CCCN1CCn1ncc2cc(-n3ccccc3=O)ccc21. The van der Waals surface area contributed by atoms with Gasteiger partial charge in [0, 0.05) is 43.5 Å². The van der Waals surface area contributed by atoms with Gasteiger partial charge >= 0.3 is 0 Å². The first-order chi connectivity index (χ1) is 12.3. The molecule has 1 saturated heterocycles. The summed E-state index contributed by atoms with van der Waals surface area (Å²) in [5.41, 5.74) is 1.91. The summed E-state index contributed by atoms with van der Waals surface area (Å²) in [6.07, 6.45) is 6.17. The molecule has 0 aliphatic carbocycles. The molecule has 1 unspecified atom stereocenters. The van der Waals surface area contributed by atoms with Crippen molar-refractivity contribution in [2.24, 2.45) is 0 Å². The second kappa shape index (κ2) is 6.82. The smallest absolute Gasteiger partial charge is 0.255 e. The molecule has 25 heavy (non-hydrogen) atoms. The van der Waals surface area contributed by atoms with E-state index in [4.69, 9.17) is 4.74 Å². The minimum atomic E-state index is -0.0334. The van der Waals surface area contributed by atoms with Crippen molar-refractivity contribution in [1.29, 1.82) is 0 Å². The molecule has 1 atom stereocenters. The first kappa shape index (κ1) is 16.1. The highest BCUT2D eigenvalue weighted by Crippen LogP contribution is 2.20. The van der Waals surface area contributed by atoms with Gasteiger partial charge in [-0.15, -0.1) is 0 Å². The van der Waals surface area contributed by atoms with Crippen LogP contribution >= 0.6 is 0 Å². The lowest BCUT2D eigenvalue weighted by Crippen LogP contribution is -2.33. The molecule has 2 aromatic heterocycles. The van der Waals surface area contributed by atoms with Gasteiger partial charge in [0.25, 0.3) is 5.56 Å². The predicted molar refractivity (Wildman–Crippen MR) is 96.9 cm³/mol. The second-order valence-corrected chi connectivity index (χ2v) is 6.39. The normalized spacial score (nSPS) is 18.2. The highest BCUT2D eigenvalue weighted by atomic mass is 16.5. The summed E-state index contributed by atoms with van der Waals surface area (Å²) in [7, 11) is 1.78. The number of hydrogen-bond acceptors (Lipinski definition) is 4. The van der Waals surface area contributed by atoms with Gasteiger partial charge in [-0.25, -0.2) is 0 Å². The van der Waals surface area contributed by atoms with Crippen LogP contribution in [0.25, 0.3) is 16.6 Å². The van der Waals surface area contributed by atoms with Crippen molar-refractivity contribution in [3.05, 3.63) is 59.1 Å². The number of pyridine rings is 1. The molecule has 3 aromatic rings. The van der Waals surface area contributed by atoms with Gasteiger partial charge in [-0.1, -0.05) is 6.07 Å². The van der Waals surface area contributed by atoms with Crippen molar-refractivity contribution in [1.82, 2.24) is 19.2 Å². The lowest BCUT2D eigenvalue weighted by atomic mass is 10.2. The summed E-state index contributed by atoms with van der Waals surface area (Å²) in [5.74, 6) is 0. The van der Waals surface area contributed by atoms with Crippen LogP contribution in [-0.4, -0.2) is 45.7 Å². The van der Waals surface area contributed by atoms with Crippen molar-refractivity contribution < 1.29 is 4.74 Å². The maximum atomic E-state index is 12.0. The zero-order chi connectivity index (χ0) is 17.2. The number of nitrogens with zero attached hydrogens (tertiary/aromatic N) is 4. The Hall–Kier alpha value is -2.44. The van der Waals surface area contributed by atoms with Gasteiger partial charge in [-0.2, -0.15) is 5.10 Å². The van der Waals surface area contributed by atoms with E-state index in [0.29, 0.717) is 0 Å². The van der Waals surface area contributed by atoms with Gasteiger partial charge in [0.15, 0.2) is 0 Å². The summed E-state index contributed by atoms with van der Waals surface area (Å²) in [6, 6.07) is 11.2. The summed E-state index contributed by atoms with van der Waals surface area (Å²) in [6.45, 7) is 2.84. The molecule has 130 valence electrons. The third-order valence-corrected chi connectivity index (χ3v) is 4.90. The van der Waals surface area contributed by atoms with Crippen LogP contribution in [0.4, 0.5) is 0 Å². The molecule has 0 amide bonds. The fourth-order valence-corrected chi connectivity index (χ4v) is 3.58. The van der Waals surface area contributed by atoms with Crippen LogP contribution in [0, 0.1) is 0 Å². The summed E-state index contributed by atoms with van der Waals surface area (Å²) in [5, 5.41) is 5.57. The zero-order valence-electron chi connectivity index (χ0n) is 14.3. The molecule has 0 bridgehead atoms. The van der Waals surface area contributed by atoms with Gasteiger partial charge < -0.3 is 4.74 Å². The summed E-state index contributed by atoms with van der Waals surface area (Å²) < 4.78 is 9.19. The topological polar surface area (TPSA) is 52.3 Å². The summed E-state index contributed by atoms with van der Waals surface area (Å²) in [4.78, 5) is 14.4. The third kappa shape index (κ3) is 3.10. The van der Waals surface area contributed by atoms with E-state index < -0.39 is 0 Å². The molecule has 6 nitrogen and oxygen atoms in total. The minimum Gasteiger partial charge on any atom is -0.366 e.